The minimum atomic E-state index is -1.23. The Hall–Kier alpha value is -3.99. The van der Waals surface area contributed by atoms with Crippen molar-refractivity contribution < 1.29 is 19.1 Å². The average Bonchev–Trinajstić information content (AvgIpc) is 2.98. The number of fused-ring (bicyclic) bond motifs is 1. The molecule has 0 unspecified atom stereocenters. The Bertz CT molecular complexity index is 1110. The molecule has 7 nitrogen and oxygen atoms in total. The summed E-state index contributed by atoms with van der Waals surface area (Å²) in [6, 6.07) is 12.4. The lowest BCUT2D eigenvalue weighted by atomic mass is 10.1. The summed E-state index contributed by atoms with van der Waals surface area (Å²) in [5.41, 5.74) is 3.32. The standard InChI is InChI=1S/C19H13FN4O3/c20-16-7-12(8-21)5-6-15(16)19(27)23-22-9-13-10-24(11-18(25)26)17-4-2-1-3-14(13)17/h1-7,9-10H,11H2,(H,23,27)(H,25,26)/p-1/b22-9-. The Kier molecular flexibility index (Phi) is 4.95. The van der Waals surface area contributed by atoms with Gasteiger partial charge in [-0.25, -0.2) is 9.82 Å². The number of para-hydroxylation sites is 1. The Morgan fingerprint density at radius 1 is 1.30 bits per heavy atom. The van der Waals surface area contributed by atoms with E-state index in [9.17, 15) is 19.1 Å². The van der Waals surface area contributed by atoms with Crippen LogP contribution in [-0.2, 0) is 11.3 Å². The molecule has 0 aliphatic heterocycles. The number of carbonyl (C=O) groups excluding carboxylic acids is 2. The van der Waals surface area contributed by atoms with Crippen molar-refractivity contribution in [3.8, 4) is 6.07 Å². The van der Waals surface area contributed by atoms with Crippen molar-refractivity contribution in [2.24, 2.45) is 5.10 Å². The number of benzene rings is 2. The van der Waals surface area contributed by atoms with Crippen molar-refractivity contribution in [1.82, 2.24) is 9.99 Å². The molecule has 1 heterocycles. The molecule has 3 rings (SSSR count). The number of carboxylic acids is 1. The highest BCUT2D eigenvalue weighted by molar-refractivity contribution is 6.01. The van der Waals surface area contributed by atoms with Crippen molar-refractivity contribution in [2.45, 2.75) is 6.54 Å². The van der Waals surface area contributed by atoms with Crippen LogP contribution < -0.4 is 10.5 Å². The molecule has 27 heavy (non-hydrogen) atoms. The van der Waals surface area contributed by atoms with Gasteiger partial charge in [-0.3, -0.25) is 4.79 Å². The number of carboxylic acid groups (broad SMARTS) is 1. The number of rotatable bonds is 5. The van der Waals surface area contributed by atoms with Crippen molar-refractivity contribution >= 4 is 29.0 Å². The Morgan fingerprint density at radius 3 is 2.78 bits per heavy atom. The van der Waals surface area contributed by atoms with Crippen LogP contribution in [0, 0.1) is 17.1 Å². The predicted molar refractivity (Wildman–Crippen MR) is 93.1 cm³/mol. The molecule has 8 heteroatoms. The van der Waals surface area contributed by atoms with E-state index in [4.69, 9.17) is 5.26 Å². The van der Waals surface area contributed by atoms with E-state index >= 15 is 0 Å². The summed E-state index contributed by atoms with van der Waals surface area (Å²) in [7, 11) is 0. The van der Waals surface area contributed by atoms with E-state index in [0.717, 1.165) is 11.5 Å². The lowest BCUT2D eigenvalue weighted by molar-refractivity contribution is -0.306. The molecule has 0 spiro atoms. The molecular formula is C19H12FN4O3-. The number of aliphatic carboxylic acids is 1. The molecule has 0 aliphatic carbocycles. The molecule has 0 radical (unpaired) electrons. The Labute approximate surface area is 153 Å². The topological polar surface area (TPSA) is 110 Å². The lowest BCUT2D eigenvalue weighted by Crippen LogP contribution is -2.27. The minimum absolute atomic E-state index is 0.105. The zero-order valence-corrected chi connectivity index (χ0v) is 13.8. The number of aromatic nitrogens is 1. The van der Waals surface area contributed by atoms with Crippen LogP contribution >= 0.6 is 0 Å². The van der Waals surface area contributed by atoms with Gasteiger partial charge in [0, 0.05) is 22.7 Å². The fourth-order valence-electron chi connectivity index (χ4n) is 2.64. The zero-order chi connectivity index (χ0) is 19.4. The van der Waals surface area contributed by atoms with Crippen molar-refractivity contribution in [2.75, 3.05) is 0 Å². The molecule has 1 N–H and O–H groups in total. The Balaban J connectivity index is 1.81. The maximum absolute atomic E-state index is 13.8. The summed E-state index contributed by atoms with van der Waals surface area (Å²) < 4.78 is 15.3. The molecule has 0 atom stereocenters. The first-order valence-electron chi connectivity index (χ1n) is 7.80. The van der Waals surface area contributed by atoms with Crippen LogP contribution in [0.15, 0.2) is 53.8 Å². The van der Waals surface area contributed by atoms with E-state index in [2.05, 4.69) is 10.5 Å². The molecule has 0 aliphatic rings. The summed E-state index contributed by atoms with van der Waals surface area (Å²) >= 11 is 0. The quantitative estimate of drug-likeness (QED) is 0.542. The summed E-state index contributed by atoms with van der Waals surface area (Å²) in [5.74, 6) is -2.83. The molecule has 0 fully saturated rings. The number of hydrogen-bond acceptors (Lipinski definition) is 5. The Morgan fingerprint density at radius 2 is 2.07 bits per heavy atom. The maximum atomic E-state index is 13.8. The van der Waals surface area contributed by atoms with Gasteiger partial charge in [0.1, 0.15) is 5.82 Å². The molecule has 0 bridgehead atoms. The molecule has 0 saturated carbocycles. The number of nitrogens with zero attached hydrogens (tertiary/aromatic N) is 3. The highest BCUT2D eigenvalue weighted by Crippen LogP contribution is 2.19. The summed E-state index contributed by atoms with van der Waals surface area (Å²) in [6.07, 6.45) is 2.91. The molecule has 2 aromatic carbocycles. The van der Waals surface area contributed by atoms with Gasteiger partial charge in [-0.15, -0.1) is 0 Å². The van der Waals surface area contributed by atoms with Gasteiger partial charge in [-0.2, -0.15) is 10.4 Å². The number of nitriles is 1. The predicted octanol–water partition coefficient (Wildman–Crippen LogP) is 1.17. The molecule has 1 aromatic heterocycles. The van der Waals surface area contributed by atoms with Crippen LogP contribution in [-0.4, -0.2) is 22.7 Å². The number of hydrazone groups is 1. The van der Waals surface area contributed by atoms with Gasteiger partial charge in [0.15, 0.2) is 0 Å². The SMILES string of the molecule is N#Cc1ccc(C(=O)N/N=C\c2cn(CC(=O)[O-])c3ccccc23)c(F)c1. The van der Waals surface area contributed by atoms with Crippen LogP contribution in [0.25, 0.3) is 10.9 Å². The largest absolute Gasteiger partial charge is 0.548 e. The highest BCUT2D eigenvalue weighted by Gasteiger charge is 2.12. The van der Waals surface area contributed by atoms with E-state index in [0.29, 0.717) is 11.1 Å². The van der Waals surface area contributed by atoms with Crippen LogP contribution in [0.1, 0.15) is 21.5 Å². The molecule has 1 amide bonds. The van der Waals surface area contributed by atoms with E-state index in [1.165, 1.54) is 22.9 Å². The second-order valence-corrected chi connectivity index (χ2v) is 5.61. The number of hydrogen-bond donors (Lipinski definition) is 1. The second-order valence-electron chi connectivity index (χ2n) is 5.61. The number of halogens is 1. The first-order valence-corrected chi connectivity index (χ1v) is 7.80. The number of nitrogens with one attached hydrogen (secondary N) is 1. The van der Waals surface area contributed by atoms with Gasteiger partial charge < -0.3 is 14.5 Å². The van der Waals surface area contributed by atoms with E-state index in [-0.39, 0.29) is 17.7 Å². The van der Waals surface area contributed by atoms with Crippen LogP contribution in [0.3, 0.4) is 0 Å². The summed E-state index contributed by atoms with van der Waals surface area (Å²) in [6.45, 7) is -0.322. The van der Waals surface area contributed by atoms with Gasteiger partial charge >= 0.3 is 0 Å². The van der Waals surface area contributed by atoms with Crippen LogP contribution in [0.5, 0.6) is 0 Å². The van der Waals surface area contributed by atoms with E-state index < -0.39 is 17.7 Å². The smallest absolute Gasteiger partial charge is 0.274 e. The average molecular weight is 363 g/mol. The molecular weight excluding hydrogens is 351 g/mol. The third-order valence-corrected chi connectivity index (χ3v) is 3.83. The van der Waals surface area contributed by atoms with Gasteiger partial charge in [-0.05, 0) is 24.3 Å². The molecule has 3 aromatic rings. The normalized spacial score (nSPS) is 10.8. The maximum Gasteiger partial charge on any atom is 0.274 e. The minimum Gasteiger partial charge on any atom is -0.548 e. The van der Waals surface area contributed by atoms with E-state index in [1.54, 1.807) is 36.5 Å². The van der Waals surface area contributed by atoms with Crippen LogP contribution in [0.2, 0.25) is 0 Å². The van der Waals surface area contributed by atoms with Crippen LogP contribution in [0.4, 0.5) is 4.39 Å². The second kappa shape index (κ2) is 7.49. The molecule has 134 valence electrons. The fraction of sp³-hybridized carbons (Fsp3) is 0.0526. The summed E-state index contributed by atoms with van der Waals surface area (Å²) in [5, 5.41) is 24.1. The fourth-order valence-corrected chi connectivity index (χ4v) is 2.64. The monoisotopic (exact) mass is 363 g/mol. The first-order chi connectivity index (χ1) is 13.0. The van der Waals surface area contributed by atoms with Crippen molar-refractivity contribution in [1.29, 1.82) is 5.26 Å². The number of amides is 1. The van der Waals surface area contributed by atoms with Gasteiger partial charge in [-0.1, -0.05) is 18.2 Å². The highest BCUT2D eigenvalue weighted by atomic mass is 19.1. The third kappa shape index (κ3) is 3.82. The first kappa shape index (κ1) is 17.8. The van der Waals surface area contributed by atoms with Gasteiger partial charge in [0.05, 0.1) is 35.9 Å². The van der Waals surface area contributed by atoms with Gasteiger partial charge in [0.25, 0.3) is 5.91 Å². The molecule has 0 saturated heterocycles. The van der Waals surface area contributed by atoms with Crippen molar-refractivity contribution in [3.63, 3.8) is 0 Å². The summed E-state index contributed by atoms with van der Waals surface area (Å²) in [4.78, 5) is 22.9. The van der Waals surface area contributed by atoms with Crippen molar-refractivity contribution in [3.05, 3.63) is 71.2 Å². The zero-order valence-electron chi connectivity index (χ0n) is 13.8. The lowest BCUT2D eigenvalue weighted by Gasteiger charge is -2.04. The van der Waals surface area contributed by atoms with Gasteiger partial charge in [0.2, 0.25) is 0 Å². The number of carbonyl (C=O) groups is 2. The van der Waals surface area contributed by atoms with E-state index in [1.807, 2.05) is 0 Å². The third-order valence-electron chi connectivity index (χ3n) is 3.83.